The number of hydrogen-bond donors (Lipinski definition) is 1. The summed E-state index contributed by atoms with van der Waals surface area (Å²) in [6, 6.07) is 21.5. The summed E-state index contributed by atoms with van der Waals surface area (Å²) in [4.78, 5) is 11.4. The Kier molecular flexibility index (Phi) is 4.60. The van der Waals surface area contributed by atoms with Crippen LogP contribution in [0.3, 0.4) is 0 Å². The summed E-state index contributed by atoms with van der Waals surface area (Å²) in [5.74, 6) is 2.81. The topological polar surface area (TPSA) is 38.3 Å². The summed E-state index contributed by atoms with van der Waals surface area (Å²) >= 11 is 0. The van der Waals surface area contributed by atoms with Crippen LogP contribution in [0.2, 0.25) is 0 Å². The van der Waals surface area contributed by atoms with E-state index >= 15 is 0 Å². The molecule has 3 nitrogen and oxygen atoms in total. The predicted molar refractivity (Wildman–Crippen MR) is 73.1 cm³/mol. The van der Waals surface area contributed by atoms with Crippen molar-refractivity contribution in [2.75, 3.05) is 0 Å². The Balaban J connectivity index is 1.78. The lowest BCUT2D eigenvalue weighted by atomic mass is 10.2. The highest BCUT2D eigenvalue weighted by Crippen LogP contribution is 2.00. The van der Waals surface area contributed by atoms with Crippen LogP contribution in [0.25, 0.3) is 0 Å². The fourth-order valence-electron chi connectivity index (χ4n) is 1.44. The second-order valence-electron chi connectivity index (χ2n) is 3.80. The van der Waals surface area contributed by atoms with E-state index in [1.54, 1.807) is 0 Å². The van der Waals surface area contributed by atoms with E-state index < -0.39 is 6.09 Å². The average Bonchev–Trinajstić information content (AvgIpc) is 2.47. The van der Waals surface area contributed by atoms with Crippen molar-refractivity contribution in [2.45, 2.75) is 6.61 Å². The monoisotopic (exact) mass is 251 g/mol. The first-order valence-electron chi connectivity index (χ1n) is 5.87. The normalized spacial score (nSPS) is 9.05. The average molecular weight is 251 g/mol. The maximum atomic E-state index is 11.4. The van der Waals surface area contributed by atoms with Crippen LogP contribution in [-0.2, 0) is 11.3 Å². The minimum atomic E-state index is -0.549. The van der Waals surface area contributed by atoms with Gasteiger partial charge in [-0.2, -0.15) is 0 Å². The van der Waals surface area contributed by atoms with E-state index in [9.17, 15) is 4.79 Å². The quantitative estimate of drug-likeness (QED) is 0.658. The fourth-order valence-corrected chi connectivity index (χ4v) is 1.44. The van der Waals surface area contributed by atoms with E-state index in [1.165, 1.54) is 0 Å². The van der Waals surface area contributed by atoms with Crippen molar-refractivity contribution >= 4 is 6.09 Å². The van der Waals surface area contributed by atoms with Gasteiger partial charge in [-0.15, -0.1) is 0 Å². The van der Waals surface area contributed by atoms with E-state index in [0.29, 0.717) is 0 Å². The first-order chi connectivity index (χ1) is 9.34. The molecule has 0 aromatic heterocycles. The van der Waals surface area contributed by atoms with Gasteiger partial charge in [0.2, 0.25) is 0 Å². The number of ether oxygens (including phenoxy) is 1. The predicted octanol–water partition coefficient (Wildman–Crippen LogP) is 2.92. The zero-order chi connectivity index (χ0) is 13.3. The molecule has 0 aliphatic rings. The van der Waals surface area contributed by atoms with E-state index in [4.69, 9.17) is 4.74 Å². The number of carbonyl (C=O) groups excluding carboxylic acids is 1. The number of rotatable bonds is 2. The number of amides is 1. The van der Waals surface area contributed by atoms with Crippen LogP contribution in [0.5, 0.6) is 0 Å². The van der Waals surface area contributed by atoms with Gasteiger partial charge in [0, 0.05) is 11.6 Å². The Labute approximate surface area is 112 Å². The second-order valence-corrected chi connectivity index (χ2v) is 3.80. The molecule has 0 bridgehead atoms. The first kappa shape index (κ1) is 12.7. The molecule has 0 radical (unpaired) electrons. The summed E-state index contributed by atoms with van der Waals surface area (Å²) in [5.41, 5.74) is 1.78. The highest BCUT2D eigenvalue weighted by molar-refractivity contribution is 5.69. The van der Waals surface area contributed by atoms with E-state index in [1.807, 2.05) is 60.7 Å². The lowest BCUT2D eigenvalue weighted by molar-refractivity contribution is 0.144. The molecule has 0 atom stereocenters. The number of nitrogens with one attached hydrogen (secondary N) is 1. The van der Waals surface area contributed by atoms with Crippen molar-refractivity contribution in [2.24, 2.45) is 0 Å². The Morgan fingerprint density at radius 1 is 1.00 bits per heavy atom. The van der Waals surface area contributed by atoms with Crippen LogP contribution >= 0.6 is 0 Å². The molecule has 3 heteroatoms. The van der Waals surface area contributed by atoms with Crippen molar-refractivity contribution < 1.29 is 9.53 Å². The summed E-state index contributed by atoms with van der Waals surface area (Å²) in [7, 11) is 0. The smallest absolute Gasteiger partial charge is 0.419 e. The molecule has 0 saturated heterocycles. The van der Waals surface area contributed by atoms with Crippen molar-refractivity contribution in [3.63, 3.8) is 0 Å². The van der Waals surface area contributed by atoms with E-state index in [0.717, 1.165) is 11.1 Å². The highest BCUT2D eigenvalue weighted by atomic mass is 16.5. The van der Waals surface area contributed by atoms with Gasteiger partial charge in [0.05, 0.1) is 0 Å². The maximum Gasteiger partial charge on any atom is 0.419 e. The van der Waals surface area contributed by atoms with E-state index in [2.05, 4.69) is 17.3 Å². The maximum absolute atomic E-state index is 11.4. The van der Waals surface area contributed by atoms with Crippen LogP contribution < -0.4 is 5.32 Å². The SMILES string of the molecule is O=C(NC#Cc1ccccc1)OCc1ccccc1. The van der Waals surface area contributed by atoms with Gasteiger partial charge in [-0.05, 0) is 23.6 Å². The number of carbonyl (C=O) groups is 1. The molecule has 0 spiro atoms. The van der Waals surface area contributed by atoms with Crippen molar-refractivity contribution in [3.05, 3.63) is 71.8 Å². The Morgan fingerprint density at radius 3 is 2.32 bits per heavy atom. The molecule has 0 aliphatic carbocycles. The molecule has 0 saturated carbocycles. The molecule has 94 valence electrons. The van der Waals surface area contributed by atoms with Crippen LogP contribution in [0.1, 0.15) is 11.1 Å². The molecule has 0 unspecified atom stereocenters. The van der Waals surface area contributed by atoms with Crippen molar-refractivity contribution in [3.8, 4) is 12.0 Å². The molecule has 0 fully saturated rings. The lowest BCUT2D eigenvalue weighted by Gasteiger charge is -2.02. The zero-order valence-corrected chi connectivity index (χ0v) is 10.3. The molecular weight excluding hydrogens is 238 g/mol. The molecule has 2 rings (SSSR count). The van der Waals surface area contributed by atoms with Gasteiger partial charge >= 0.3 is 6.09 Å². The number of alkyl carbamates (subject to hydrolysis) is 1. The van der Waals surface area contributed by atoms with Gasteiger partial charge in [-0.3, -0.25) is 0 Å². The van der Waals surface area contributed by atoms with Crippen molar-refractivity contribution in [1.29, 1.82) is 0 Å². The lowest BCUT2D eigenvalue weighted by Crippen LogP contribution is -2.18. The van der Waals surface area contributed by atoms with Crippen LogP contribution in [-0.4, -0.2) is 6.09 Å². The molecule has 0 heterocycles. The summed E-state index contributed by atoms with van der Waals surface area (Å²) in [5, 5.41) is 2.38. The van der Waals surface area contributed by atoms with Gasteiger partial charge in [-0.25, -0.2) is 10.1 Å². The molecular formula is C16H13NO2. The summed E-state index contributed by atoms with van der Waals surface area (Å²) in [6.45, 7) is 0.236. The molecule has 19 heavy (non-hydrogen) atoms. The number of hydrogen-bond acceptors (Lipinski definition) is 2. The third kappa shape index (κ3) is 4.57. The molecule has 1 N–H and O–H groups in total. The number of benzene rings is 2. The van der Waals surface area contributed by atoms with Gasteiger partial charge in [0.15, 0.2) is 0 Å². The fraction of sp³-hybridized carbons (Fsp3) is 0.0625. The van der Waals surface area contributed by atoms with Crippen LogP contribution in [0.4, 0.5) is 4.79 Å². The van der Waals surface area contributed by atoms with E-state index in [-0.39, 0.29) is 6.61 Å². The Morgan fingerprint density at radius 2 is 1.63 bits per heavy atom. The second kappa shape index (κ2) is 6.87. The van der Waals surface area contributed by atoms with Gasteiger partial charge < -0.3 is 4.74 Å². The summed E-state index contributed by atoms with van der Waals surface area (Å²) < 4.78 is 5.01. The third-order valence-corrected chi connectivity index (χ3v) is 2.36. The minimum absolute atomic E-state index is 0.236. The third-order valence-electron chi connectivity index (χ3n) is 2.36. The van der Waals surface area contributed by atoms with Gasteiger partial charge in [0.1, 0.15) is 6.61 Å². The van der Waals surface area contributed by atoms with Crippen LogP contribution in [0.15, 0.2) is 60.7 Å². The molecule has 2 aromatic rings. The standard InChI is InChI=1S/C16H13NO2/c18-16(19-13-15-9-5-2-6-10-15)17-12-11-14-7-3-1-4-8-14/h1-10H,13H2,(H,17,18). The zero-order valence-electron chi connectivity index (χ0n) is 10.3. The van der Waals surface area contributed by atoms with Gasteiger partial charge in [-0.1, -0.05) is 48.5 Å². The molecule has 2 aromatic carbocycles. The summed E-state index contributed by atoms with van der Waals surface area (Å²) in [6.07, 6.45) is -0.549. The largest absolute Gasteiger partial charge is 0.444 e. The minimum Gasteiger partial charge on any atom is -0.444 e. The molecule has 1 amide bonds. The van der Waals surface area contributed by atoms with Gasteiger partial charge in [0.25, 0.3) is 0 Å². The first-order valence-corrected chi connectivity index (χ1v) is 5.87. The highest BCUT2D eigenvalue weighted by Gasteiger charge is 1.99. The molecule has 0 aliphatic heterocycles. The Hall–Kier alpha value is -2.73. The Bertz CT molecular complexity index is 582. The van der Waals surface area contributed by atoms with Crippen LogP contribution in [0, 0.1) is 12.0 Å². The van der Waals surface area contributed by atoms with Crippen molar-refractivity contribution in [1.82, 2.24) is 5.32 Å².